The summed E-state index contributed by atoms with van der Waals surface area (Å²) in [6.45, 7) is 1.10. The van der Waals surface area contributed by atoms with Crippen molar-refractivity contribution in [2.45, 2.75) is 50.5 Å². The third-order valence-electron chi connectivity index (χ3n) is 6.96. The molecule has 1 N–H and O–H groups in total. The van der Waals surface area contributed by atoms with Gasteiger partial charge in [-0.05, 0) is 50.5 Å². The molecule has 1 atom stereocenters. The summed E-state index contributed by atoms with van der Waals surface area (Å²) in [6, 6.07) is 2.03. The van der Waals surface area contributed by atoms with Gasteiger partial charge in [0.25, 0.3) is 0 Å². The summed E-state index contributed by atoms with van der Waals surface area (Å²) < 4.78 is 33.0. The molecule has 0 radical (unpaired) electrons. The van der Waals surface area contributed by atoms with Gasteiger partial charge in [-0.15, -0.1) is 0 Å². The summed E-state index contributed by atoms with van der Waals surface area (Å²) in [5.41, 5.74) is 2.77. The van der Waals surface area contributed by atoms with Crippen LogP contribution < -0.4 is 0 Å². The molecule has 1 unspecified atom stereocenters. The number of nitrogens with one attached hydrogen (secondary N) is 1. The van der Waals surface area contributed by atoms with Gasteiger partial charge in [0.2, 0.25) is 10.0 Å². The van der Waals surface area contributed by atoms with Crippen LogP contribution in [0, 0.1) is 5.92 Å². The summed E-state index contributed by atoms with van der Waals surface area (Å²) >= 11 is 0. The van der Waals surface area contributed by atoms with Crippen LogP contribution in [-0.4, -0.2) is 64.7 Å². The van der Waals surface area contributed by atoms with Gasteiger partial charge in [-0.1, -0.05) is 0 Å². The van der Waals surface area contributed by atoms with E-state index in [4.69, 9.17) is 4.74 Å². The number of ether oxygens (including phenoxy) is 1. The van der Waals surface area contributed by atoms with Gasteiger partial charge in [-0.2, -0.15) is 4.31 Å². The highest BCUT2D eigenvalue weighted by molar-refractivity contribution is 7.89. The number of rotatable bonds is 5. The number of aromatic amines is 1. The van der Waals surface area contributed by atoms with E-state index in [1.165, 1.54) is 0 Å². The van der Waals surface area contributed by atoms with Crippen LogP contribution in [0.25, 0.3) is 21.9 Å². The Kier molecular flexibility index (Phi) is 5.66. The Morgan fingerprint density at radius 3 is 2.81 bits per heavy atom. The maximum Gasteiger partial charge on any atom is 0.214 e. The molecule has 31 heavy (non-hydrogen) atoms. The third kappa shape index (κ3) is 4.06. The van der Waals surface area contributed by atoms with Crippen molar-refractivity contribution in [3.63, 3.8) is 0 Å². The van der Waals surface area contributed by atoms with Gasteiger partial charge >= 0.3 is 0 Å². The topological polar surface area (TPSA) is 101 Å². The number of aromatic nitrogens is 4. The first-order chi connectivity index (χ1) is 15.0. The number of piperidine rings is 1. The van der Waals surface area contributed by atoms with Crippen molar-refractivity contribution in [3.05, 3.63) is 30.5 Å². The fraction of sp³-hybridized carbons (Fsp3) is 0.591. The molecule has 3 aromatic heterocycles. The molecule has 4 heterocycles. The maximum atomic E-state index is 13.0. The highest BCUT2D eigenvalue weighted by atomic mass is 32.2. The quantitative estimate of drug-likeness (QED) is 0.650. The Balaban J connectivity index is 1.29. The smallest absolute Gasteiger partial charge is 0.214 e. The summed E-state index contributed by atoms with van der Waals surface area (Å²) in [7, 11) is -1.59. The van der Waals surface area contributed by atoms with E-state index in [-0.39, 0.29) is 17.8 Å². The second kappa shape index (κ2) is 8.44. The van der Waals surface area contributed by atoms with E-state index >= 15 is 0 Å². The molecular formula is C22H29N5O3S. The number of pyridine rings is 1. The number of methoxy groups -OCH3 is 1. The van der Waals surface area contributed by atoms with Crippen LogP contribution in [0.2, 0.25) is 0 Å². The minimum absolute atomic E-state index is 0.0186. The van der Waals surface area contributed by atoms with E-state index < -0.39 is 10.0 Å². The number of fused-ring (bicyclic) bond motifs is 3. The molecule has 1 saturated heterocycles. The molecule has 0 amide bonds. The van der Waals surface area contributed by atoms with Crippen LogP contribution in [0.15, 0.2) is 24.8 Å². The number of hydrogen-bond donors (Lipinski definition) is 1. The lowest BCUT2D eigenvalue weighted by Gasteiger charge is -2.34. The molecule has 8 nitrogen and oxygen atoms in total. The van der Waals surface area contributed by atoms with Crippen molar-refractivity contribution >= 4 is 32.0 Å². The maximum absolute atomic E-state index is 13.0. The van der Waals surface area contributed by atoms with Gasteiger partial charge in [-0.25, -0.2) is 23.4 Å². The van der Waals surface area contributed by atoms with Gasteiger partial charge in [0, 0.05) is 43.1 Å². The number of sulfonamides is 1. The van der Waals surface area contributed by atoms with Gasteiger partial charge in [0.05, 0.1) is 29.3 Å². The molecule has 0 aromatic carbocycles. The molecule has 2 aliphatic rings. The lowest BCUT2D eigenvalue weighted by molar-refractivity contribution is 0.0570. The molecule has 0 spiro atoms. The second-order valence-corrected chi connectivity index (χ2v) is 10.9. The van der Waals surface area contributed by atoms with Crippen molar-refractivity contribution in [1.29, 1.82) is 0 Å². The molecule has 0 bridgehead atoms. The minimum atomic E-state index is -3.25. The van der Waals surface area contributed by atoms with Gasteiger partial charge in [0.1, 0.15) is 12.0 Å². The molecule has 166 valence electrons. The average Bonchev–Trinajstić information content (AvgIpc) is 3.28. The Hall–Kier alpha value is -2.10. The molecule has 5 rings (SSSR count). The summed E-state index contributed by atoms with van der Waals surface area (Å²) in [6.07, 6.45) is 10.8. The van der Waals surface area contributed by atoms with Crippen LogP contribution in [0.3, 0.4) is 0 Å². The van der Waals surface area contributed by atoms with Crippen LogP contribution in [-0.2, 0) is 14.8 Å². The van der Waals surface area contributed by atoms with Gasteiger partial charge < -0.3 is 9.72 Å². The van der Waals surface area contributed by atoms with Crippen LogP contribution in [0.1, 0.15) is 50.1 Å². The monoisotopic (exact) mass is 443 g/mol. The fourth-order valence-corrected chi connectivity index (χ4v) is 7.19. The molecule has 2 fully saturated rings. The zero-order valence-electron chi connectivity index (χ0n) is 17.8. The van der Waals surface area contributed by atoms with Crippen molar-refractivity contribution < 1.29 is 13.2 Å². The van der Waals surface area contributed by atoms with E-state index in [0.717, 1.165) is 66.2 Å². The summed E-state index contributed by atoms with van der Waals surface area (Å²) in [4.78, 5) is 16.7. The Bertz CT molecular complexity index is 1170. The van der Waals surface area contributed by atoms with Crippen molar-refractivity contribution in [1.82, 2.24) is 24.2 Å². The van der Waals surface area contributed by atoms with Gasteiger partial charge in [0.15, 0.2) is 0 Å². The van der Waals surface area contributed by atoms with Crippen molar-refractivity contribution in [2.75, 3.05) is 26.0 Å². The Morgan fingerprint density at radius 1 is 1.16 bits per heavy atom. The van der Waals surface area contributed by atoms with Crippen molar-refractivity contribution in [3.8, 4) is 0 Å². The number of nitrogens with zero attached hydrogens (tertiary/aromatic N) is 4. The second-order valence-electron chi connectivity index (χ2n) is 8.87. The lowest BCUT2D eigenvalue weighted by atomic mass is 9.80. The predicted molar refractivity (Wildman–Crippen MR) is 119 cm³/mol. The Morgan fingerprint density at radius 2 is 2.00 bits per heavy atom. The first-order valence-electron chi connectivity index (χ1n) is 11.1. The number of H-pyrrole nitrogens is 1. The highest BCUT2D eigenvalue weighted by Crippen LogP contribution is 2.39. The van der Waals surface area contributed by atoms with E-state index in [1.807, 2.05) is 12.3 Å². The summed E-state index contributed by atoms with van der Waals surface area (Å²) in [5, 5.41) is 2.12. The zero-order chi connectivity index (χ0) is 21.4. The first-order valence-corrected chi connectivity index (χ1v) is 12.7. The molecule has 3 aromatic rings. The van der Waals surface area contributed by atoms with Crippen LogP contribution in [0.5, 0.6) is 0 Å². The lowest BCUT2D eigenvalue weighted by Crippen LogP contribution is -2.44. The first kappa shape index (κ1) is 20.8. The predicted octanol–water partition coefficient (Wildman–Crippen LogP) is 3.22. The fourth-order valence-electron chi connectivity index (χ4n) is 5.25. The third-order valence-corrected chi connectivity index (χ3v) is 8.97. The molecule has 9 heteroatoms. The molecular weight excluding hydrogens is 414 g/mol. The van der Waals surface area contributed by atoms with E-state index in [9.17, 15) is 8.42 Å². The van der Waals surface area contributed by atoms with Crippen molar-refractivity contribution in [2.24, 2.45) is 5.92 Å². The average molecular weight is 444 g/mol. The van der Waals surface area contributed by atoms with E-state index in [0.29, 0.717) is 19.0 Å². The largest absolute Gasteiger partial charge is 0.380 e. The molecule has 1 aliphatic carbocycles. The van der Waals surface area contributed by atoms with Gasteiger partial charge in [-0.3, -0.25) is 0 Å². The van der Waals surface area contributed by atoms with E-state index in [1.54, 1.807) is 23.9 Å². The zero-order valence-corrected chi connectivity index (χ0v) is 18.6. The highest BCUT2D eigenvalue weighted by Gasteiger charge is 2.33. The standard InChI is InChI=1S/C22H29N5O3S/c1-30-17-3-2-10-27(12-17)31(28,29)13-15-4-6-16(7-5-15)21-20-18-8-9-23-22(18)24-11-19(20)25-14-26-21/h8-9,11,14-17H,2-7,10,12-13H2,1H3,(H,23,24). The Labute approximate surface area is 182 Å². The normalized spacial score (nSPS) is 25.9. The van der Waals surface area contributed by atoms with Crippen LogP contribution in [0.4, 0.5) is 0 Å². The van der Waals surface area contributed by atoms with E-state index in [2.05, 4.69) is 19.9 Å². The molecule has 1 saturated carbocycles. The summed E-state index contributed by atoms with van der Waals surface area (Å²) in [5.74, 6) is 0.760. The SMILES string of the molecule is COC1CCCN(S(=O)(=O)CC2CCC(c3ncnc4cnc5[nH]ccc5c34)CC2)C1. The number of hydrogen-bond acceptors (Lipinski definition) is 6. The van der Waals surface area contributed by atoms with Crippen LogP contribution >= 0.6 is 0 Å². The minimum Gasteiger partial charge on any atom is -0.380 e. The molecule has 1 aliphatic heterocycles.